The zero-order valence-corrected chi connectivity index (χ0v) is 12.6. The van der Waals surface area contributed by atoms with Crippen LogP contribution in [0.5, 0.6) is 0 Å². The summed E-state index contributed by atoms with van der Waals surface area (Å²) in [6.45, 7) is 16.3. The summed E-state index contributed by atoms with van der Waals surface area (Å²) >= 11 is 4.75. The zero-order valence-electron chi connectivity index (χ0n) is 11.7. The maximum Gasteiger partial charge on any atom is 0.00474 e. The molecular formula is C14H30S. The quantitative estimate of drug-likeness (QED) is 0.629. The van der Waals surface area contributed by atoms with Crippen LogP contribution in [-0.2, 0) is 0 Å². The summed E-state index contributed by atoms with van der Waals surface area (Å²) in [4.78, 5) is 0. The zero-order chi connectivity index (χ0) is 12.2. The third-order valence-corrected chi connectivity index (χ3v) is 3.93. The van der Waals surface area contributed by atoms with Crippen LogP contribution in [0.15, 0.2) is 0 Å². The van der Waals surface area contributed by atoms with E-state index < -0.39 is 0 Å². The van der Waals surface area contributed by atoms with E-state index in [-0.39, 0.29) is 0 Å². The summed E-state index contributed by atoms with van der Waals surface area (Å²) in [6.07, 6.45) is 2.48. The Hall–Kier alpha value is 0.350. The molecule has 92 valence electrons. The van der Waals surface area contributed by atoms with Crippen molar-refractivity contribution in [3.63, 3.8) is 0 Å². The maximum atomic E-state index is 4.75. The van der Waals surface area contributed by atoms with Crippen LogP contribution in [0.25, 0.3) is 0 Å². The van der Waals surface area contributed by atoms with Gasteiger partial charge < -0.3 is 0 Å². The molecule has 0 fully saturated rings. The lowest BCUT2D eigenvalue weighted by molar-refractivity contribution is 0.191. The van der Waals surface area contributed by atoms with E-state index in [1.165, 1.54) is 12.8 Å². The Balaban J connectivity index is 4.49. The van der Waals surface area contributed by atoms with E-state index in [9.17, 15) is 0 Å². The van der Waals surface area contributed by atoms with Crippen molar-refractivity contribution in [2.45, 2.75) is 66.6 Å². The molecule has 0 aromatic heterocycles. The predicted molar refractivity (Wildman–Crippen MR) is 74.6 cm³/mol. The summed E-state index contributed by atoms with van der Waals surface area (Å²) < 4.78 is 0. The monoisotopic (exact) mass is 230 g/mol. The predicted octanol–water partition coefficient (Wildman–Crippen LogP) is 5.04. The van der Waals surface area contributed by atoms with Crippen molar-refractivity contribution in [1.82, 2.24) is 0 Å². The lowest BCUT2D eigenvalue weighted by Gasteiger charge is -2.35. The molecule has 0 spiro atoms. The number of hydrogen-bond acceptors (Lipinski definition) is 1. The van der Waals surface area contributed by atoms with Gasteiger partial charge in [0.05, 0.1) is 0 Å². The molecule has 0 aliphatic rings. The van der Waals surface area contributed by atoms with Crippen LogP contribution in [0, 0.1) is 23.2 Å². The molecule has 0 bridgehead atoms. The summed E-state index contributed by atoms with van der Waals surface area (Å²) in [7, 11) is 0. The molecule has 0 amide bonds. The largest absolute Gasteiger partial charge is 0.176 e. The minimum Gasteiger partial charge on any atom is -0.176 e. The van der Waals surface area contributed by atoms with Crippen LogP contribution in [0.4, 0.5) is 0 Å². The highest BCUT2D eigenvalue weighted by Gasteiger charge is 2.29. The van der Waals surface area contributed by atoms with Crippen molar-refractivity contribution in [2.24, 2.45) is 23.2 Å². The molecular weight excluding hydrogens is 200 g/mol. The molecule has 0 saturated heterocycles. The Kier molecular flexibility index (Phi) is 6.32. The Bertz CT molecular complexity index is 167. The SMILES string of the molecule is CCC(S)C(C(C)C)C(C)CC(C)(C)C. The highest BCUT2D eigenvalue weighted by Crippen LogP contribution is 2.36. The smallest absolute Gasteiger partial charge is 0.00474 e. The van der Waals surface area contributed by atoms with Gasteiger partial charge in [0.15, 0.2) is 0 Å². The van der Waals surface area contributed by atoms with Gasteiger partial charge in [-0.05, 0) is 36.0 Å². The summed E-state index contributed by atoms with van der Waals surface area (Å²) in [5.41, 5.74) is 0.438. The minimum absolute atomic E-state index is 0.438. The van der Waals surface area contributed by atoms with Gasteiger partial charge in [-0.1, -0.05) is 48.5 Å². The molecule has 15 heavy (non-hydrogen) atoms. The second-order valence-corrected chi connectivity index (χ2v) is 7.20. The lowest BCUT2D eigenvalue weighted by atomic mass is 9.73. The van der Waals surface area contributed by atoms with E-state index in [0.29, 0.717) is 10.7 Å². The van der Waals surface area contributed by atoms with Crippen LogP contribution in [0.3, 0.4) is 0 Å². The average molecular weight is 230 g/mol. The van der Waals surface area contributed by atoms with Crippen molar-refractivity contribution in [1.29, 1.82) is 0 Å². The van der Waals surface area contributed by atoms with Crippen LogP contribution in [0.2, 0.25) is 0 Å². The lowest BCUT2D eigenvalue weighted by Crippen LogP contribution is -2.29. The number of rotatable bonds is 5. The molecule has 0 rings (SSSR count). The van der Waals surface area contributed by atoms with Gasteiger partial charge >= 0.3 is 0 Å². The van der Waals surface area contributed by atoms with E-state index in [0.717, 1.165) is 17.8 Å². The van der Waals surface area contributed by atoms with Crippen LogP contribution in [-0.4, -0.2) is 5.25 Å². The van der Waals surface area contributed by atoms with Crippen LogP contribution in [0.1, 0.15) is 61.3 Å². The maximum absolute atomic E-state index is 4.75. The van der Waals surface area contributed by atoms with Gasteiger partial charge in [0.25, 0.3) is 0 Å². The summed E-state index contributed by atoms with van der Waals surface area (Å²) in [5.74, 6) is 2.26. The Morgan fingerprint density at radius 2 is 1.53 bits per heavy atom. The molecule has 0 aromatic rings. The molecule has 0 aromatic carbocycles. The van der Waals surface area contributed by atoms with Gasteiger partial charge in [0.2, 0.25) is 0 Å². The van der Waals surface area contributed by atoms with Gasteiger partial charge in [-0.3, -0.25) is 0 Å². The van der Waals surface area contributed by atoms with Gasteiger partial charge in [0, 0.05) is 5.25 Å². The van der Waals surface area contributed by atoms with Gasteiger partial charge in [-0.25, -0.2) is 0 Å². The van der Waals surface area contributed by atoms with E-state index in [1.807, 2.05) is 0 Å². The third-order valence-electron chi connectivity index (χ3n) is 3.22. The molecule has 3 unspecified atom stereocenters. The average Bonchev–Trinajstić information content (AvgIpc) is 1.99. The molecule has 0 aliphatic carbocycles. The van der Waals surface area contributed by atoms with Crippen molar-refractivity contribution >= 4 is 12.6 Å². The first-order chi connectivity index (χ1) is 6.69. The summed E-state index contributed by atoms with van der Waals surface area (Å²) in [6, 6.07) is 0. The Labute approximate surface area is 103 Å². The first-order valence-corrected chi connectivity index (χ1v) is 6.88. The second-order valence-electron chi connectivity index (χ2n) is 6.54. The van der Waals surface area contributed by atoms with Gasteiger partial charge in [-0.15, -0.1) is 0 Å². The van der Waals surface area contributed by atoms with Crippen LogP contribution >= 0.6 is 12.6 Å². The first-order valence-electron chi connectivity index (χ1n) is 6.37. The molecule has 0 heterocycles. The molecule has 0 radical (unpaired) electrons. The first kappa shape index (κ1) is 15.3. The fourth-order valence-corrected chi connectivity index (χ4v) is 3.49. The van der Waals surface area contributed by atoms with Crippen LogP contribution < -0.4 is 0 Å². The Morgan fingerprint density at radius 1 is 1.07 bits per heavy atom. The molecule has 0 aliphatic heterocycles. The molecule has 0 N–H and O–H groups in total. The number of hydrogen-bond donors (Lipinski definition) is 1. The van der Waals surface area contributed by atoms with E-state index in [2.05, 4.69) is 48.5 Å². The molecule has 3 atom stereocenters. The standard InChI is InChI=1S/C14H30S/c1-8-12(15)13(10(2)3)11(4)9-14(5,6)7/h10-13,15H,8-9H2,1-7H3. The number of thiol groups is 1. The van der Waals surface area contributed by atoms with E-state index >= 15 is 0 Å². The third kappa shape index (κ3) is 5.85. The van der Waals surface area contributed by atoms with Crippen molar-refractivity contribution in [3.05, 3.63) is 0 Å². The topological polar surface area (TPSA) is 0 Å². The molecule has 1 heteroatoms. The van der Waals surface area contributed by atoms with Crippen molar-refractivity contribution in [2.75, 3.05) is 0 Å². The van der Waals surface area contributed by atoms with Gasteiger partial charge in [-0.2, -0.15) is 12.6 Å². The molecule has 0 saturated carbocycles. The van der Waals surface area contributed by atoms with Gasteiger partial charge in [0.1, 0.15) is 0 Å². The minimum atomic E-state index is 0.438. The molecule has 0 nitrogen and oxygen atoms in total. The van der Waals surface area contributed by atoms with Crippen molar-refractivity contribution < 1.29 is 0 Å². The second kappa shape index (κ2) is 6.18. The fraction of sp³-hybridized carbons (Fsp3) is 1.00. The van der Waals surface area contributed by atoms with Crippen molar-refractivity contribution in [3.8, 4) is 0 Å². The summed E-state index contributed by atoms with van der Waals surface area (Å²) in [5, 5.41) is 0.558. The normalized spacial score (nSPS) is 19.0. The van der Waals surface area contributed by atoms with E-state index in [4.69, 9.17) is 12.6 Å². The van der Waals surface area contributed by atoms with E-state index in [1.54, 1.807) is 0 Å². The fourth-order valence-electron chi connectivity index (χ4n) is 2.85. The highest BCUT2D eigenvalue weighted by atomic mass is 32.1. The Morgan fingerprint density at radius 3 is 1.80 bits per heavy atom. The highest BCUT2D eigenvalue weighted by molar-refractivity contribution is 7.81.